The van der Waals surface area contributed by atoms with Crippen LogP contribution in [0.5, 0.6) is 5.75 Å². The maximum absolute atomic E-state index is 11.1. The van der Waals surface area contributed by atoms with Gasteiger partial charge < -0.3 is 14.1 Å². The summed E-state index contributed by atoms with van der Waals surface area (Å²) in [5, 5.41) is 2.49. The lowest BCUT2D eigenvalue weighted by Gasteiger charge is -2.43. The number of hydrogen-bond donors (Lipinski definition) is 0. The average molecular weight is 632 g/mol. The van der Waals surface area contributed by atoms with Gasteiger partial charge in [0.05, 0.1) is 11.5 Å². The molecule has 0 fully saturated rings. The summed E-state index contributed by atoms with van der Waals surface area (Å²) < 4.78 is 13.5. The van der Waals surface area contributed by atoms with E-state index in [-0.39, 0.29) is 5.04 Å². The minimum atomic E-state index is -2.61. The topological polar surface area (TPSA) is 38.8 Å². The summed E-state index contributed by atoms with van der Waals surface area (Å²) in [7, 11) is -0.508. The smallest absolute Gasteiger partial charge is 0.261 e. The first-order valence-electron chi connectivity index (χ1n) is 15.3. The van der Waals surface area contributed by atoms with Crippen molar-refractivity contribution in [2.45, 2.75) is 32.4 Å². The lowest BCUT2D eigenvalue weighted by atomic mass is 10.1. The first-order chi connectivity index (χ1) is 21.8. The Balaban J connectivity index is 1.38. The van der Waals surface area contributed by atoms with Crippen LogP contribution in [0, 0.1) is 0 Å². The Morgan fingerprint density at radius 3 is 1.93 bits per heavy atom. The quantitative estimate of drug-likeness (QED) is 0.0968. The second kappa shape index (κ2) is 14.7. The molecule has 0 saturated carbocycles. The van der Waals surface area contributed by atoms with Crippen molar-refractivity contribution in [3.63, 3.8) is 0 Å². The normalized spacial score (nSPS) is 11.9. The Morgan fingerprint density at radius 2 is 1.36 bits per heavy atom. The predicted octanol–water partition coefficient (Wildman–Crippen LogP) is 8.32. The van der Waals surface area contributed by atoms with Crippen LogP contribution in [0.4, 0.5) is 5.69 Å². The summed E-state index contributed by atoms with van der Waals surface area (Å²) in [6, 6.07) is 41.9. The molecule has 0 N–H and O–H groups in total. The maximum Gasteiger partial charge on any atom is 0.261 e. The molecule has 1 heterocycles. The lowest BCUT2D eigenvalue weighted by molar-refractivity contribution is 0.112. The molecule has 0 atom stereocenters. The van der Waals surface area contributed by atoms with Crippen LogP contribution in [0.15, 0.2) is 121 Å². The maximum atomic E-state index is 11.1. The van der Waals surface area contributed by atoms with Gasteiger partial charge in [-0.15, -0.1) is 11.3 Å². The van der Waals surface area contributed by atoms with Crippen LogP contribution in [-0.2, 0) is 11.0 Å². The van der Waals surface area contributed by atoms with Gasteiger partial charge in [-0.3, -0.25) is 4.79 Å². The Hall–Kier alpha value is -4.23. The van der Waals surface area contributed by atoms with Crippen LogP contribution in [0.3, 0.4) is 0 Å². The second-order valence-corrected chi connectivity index (χ2v) is 17.6. The number of nitrogens with zero attached hydrogens (tertiary/aromatic N) is 1. The minimum Gasteiger partial charge on any atom is -0.488 e. The standard InChI is InChI=1S/C39H41NO3SSi/c1-39(2,3)45(36-16-10-6-11-17-36,37-18-12-7-13-19-37)43-27-26-40(4)33-22-20-32(21-23-34-24-25-35(29-41)44-34)38(28-33)42-30-31-14-8-5-9-15-31/h5-25,28-29H,26-27,30H2,1-4H3/b23-21+. The van der Waals surface area contributed by atoms with E-state index in [0.717, 1.165) is 40.3 Å². The molecule has 4 aromatic carbocycles. The van der Waals surface area contributed by atoms with Gasteiger partial charge in [0.2, 0.25) is 0 Å². The van der Waals surface area contributed by atoms with Crippen LogP contribution in [0.25, 0.3) is 12.2 Å². The highest BCUT2D eigenvalue weighted by atomic mass is 32.1. The Kier molecular flexibility index (Phi) is 10.5. The molecule has 6 heteroatoms. The summed E-state index contributed by atoms with van der Waals surface area (Å²) in [5.74, 6) is 0.805. The van der Waals surface area contributed by atoms with Crippen molar-refractivity contribution in [2.24, 2.45) is 0 Å². The molecule has 45 heavy (non-hydrogen) atoms. The van der Waals surface area contributed by atoms with Gasteiger partial charge >= 0.3 is 0 Å². The first-order valence-corrected chi connectivity index (χ1v) is 18.0. The fourth-order valence-corrected chi connectivity index (χ4v) is 11.0. The van der Waals surface area contributed by atoms with Crippen LogP contribution >= 0.6 is 11.3 Å². The number of rotatable bonds is 13. The number of ether oxygens (including phenoxy) is 1. The molecule has 0 saturated heterocycles. The highest BCUT2D eigenvalue weighted by molar-refractivity contribution is 7.14. The molecular formula is C39H41NO3SSi. The highest BCUT2D eigenvalue weighted by Gasteiger charge is 2.50. The molecule has 0 unspecified atom stereocenters. The van der Waals surface area contributed by atoms with E-state index in [1.165, 1.54) is 21.7 Å². The molecule has 0 amide bonds. The summed E-state index contributed by atoms with van der Waals surface area (Å²) in [6.45, 7) is 8.70. The van der Waals surface area contributed by atoms with E-state index in [0.29, 0.717) is 18.1 Å². The molecule has 230 valence electrons. The largest absolute Gasteiger partial charge is 0.488 e. The number of thiophene rings is 1. The zero-order valence-electron chi connectivity index (χ0n) is 26.5. The van der Waals surface area contributed by atoms with Crippen molar-refractivity contribution in [3.05, 3.63) is 142 Å². The van der Waals surface area contributed by atoms with Gasteiger partial charge in [-0.25, -0.2) is 0 Å². The van der Waals surface area contributed by atoms with Crippen LogP contribution in [0.2, 0.25) is 5.04 Å². The number of hydrogen-bond acceptors (Lipinski definition) is 5. The number of anilines is 1. The van der Waals surface area contributed by atoms with Crippen molar-refractivity contribution in [1.29, 1.82) is 0 Å². The zero-order chi connectivity index (χ0) is 31.7. The lowest BCUT2D eigenvalue weighted by Crippen LogP contribution is -2.67. The number of carbonyl (C=O) groups is 1. The molecule has 0 aliphatic rings. The monoisotopic (exact) mass is 631 g/mol. The molecule has 0 radical (unpaired) electrons. The fraction of sp³-hybridized carbons (Fsp3) is 0.205. The van der Waals surface area contributed by atoms with E-state index >= 15 is 0 Å². The highest BCUT2D eigenvalue weighted by Crippen LogP contribution is 2.37. The Bertz CT molecular complexity index is 1660. The van der Waals surface area contributed by atoms with Crippen molar-refractivity contribution in [1.82, 2.24) is 0 Å². The molecule has 0 spiro atoms. The Labute approximate surface area is 272 Å². The zero-order valence-corrected chi connectivity index (χ0v) is 28.3. The van der Waals surface area contributed by atoms with E-state index in [1.54, 1.807) is 0 Å². The summed E-state index contributed by atoms with van der Waals surface area (Å²) in [4.78, 5) is 15.1. The van der Waals surface area contributed by atoms with E-state index < -0.39 is 8.32 Å². The molecular weight excluding hydrogens is 591 g/mol. The van der Waals surface area contributed by atoms with Crippen molar-refractivity contribution in [2.75, 3.05) is 25.1 Å². The van der Waals surface area contributed by atoms with Crippen LogP contribution in [0.1, 0.15) is 46.4 Å². The van der Waals surface area contributed by atoms with Gasteiger partial charge in [-0.05, 0) is 57.4 Å². The van der Waals surface area contributed by atoms with Gasteiger partial charge in [0.15, 0.2) is 6.29 Å². The summed E-state index contributed by atoms with van der Waals surface area (Å²) in [6.07, 6.45) is 4.97. The molecule has 0 aliphatic carbocycles. The second-order valence-electron chi connectivity index (χ2n) is 12.1. The number of likely N-dealkylation sites (N-methyl/N-ethyl adjacent to an activating group) is 1. The molecule has 0 bridgehead atoms. The van der Waals surface area contributed by atoms with E-state index in [4.69, 9.17) is 9.16 Å². The first kappa shape index (κ1) is 32.2. The van der Waals surface area contributed by atoms with Crippen molar-refractivity contribution in [3.8, 4) is 5.75 Å². The summed E-state index contributed by atoms with van der Waals surface area (Å²) >= 11 is 1.47. The van der Waals surface area contributed by atoms with Gasteiger partial charge in [0, 0.05) is 35.8 Å². The number of benzene rings is 4. The van der Waals surface area contributed by atoms with E-state index in [9.17, 15) is 4.79 Å². The molecule has 1 aromatic heterocycles. The van der Waals surface area contributed by atoms with Crippen LogP contribution < -0.4 is 20.0 Å². The van der Waals surface area contributed by atoms with E-state index in [1.807, 2.05) is 36.4 Å². The molecule has 0 aliphatic heterocycles. The SMILES string of the molecule is CN(CCO[Si](c1ccccc1)(c1ccccc1)C(C)(C)C)c1ccc(/C=C/c2ccc(C=O)s2)c(OCc2ccccc2)c1. The van der Waals surface area contributed by atoms with Gasteiger partial charge in [-0.1, -0.05) is 112 Å². The third-order valence-electron chi connectivity index (χ3n) is 8.03. The Morgan fingerprint density at radius 1 is 0.756 bits per heavy atom. The van der Waals surface area contributed by atoms with Gasteiger partial charge in [-0.2, -0.15) is 0 Å². The minimum absolute atomic E-state index is 0.0737. The van der Waals surface area contributed by atoms with Crippen LogP contribution in [-0.4, -0.2) is 34.8 Å². The average Bonchev–Trinajstić information content (AvgIpc) is 3.54. The number of aldehydes is 1. The van der Waals surface area contributed by atoms with Crippen molar-refractivity contribution >= 4 is 54.2 Å². The summed E-state index contributed by atoms with van der Waals surface area (Å²) in [5.41, 5.74) is 3.15. The number of carbonyl (C=O) groups excluding carboxylic acids is 1. The predicted molar refractivity (Wildman–Crippen MR) is 193 cm³/mol. The third kappa shape index (κ3) is 7.71. The van der Waals surface area contributed by atoms with Gasteiger partial charge in [0.25, 0.3) is 8.32 Å². The fourth-order valence-electron chi connectivity index (χ4n) is 5.68. The molecule has 5 rings (SSSR count). The third-order valence-corrected chi connectivity index (χ3v) is 14.0. The van der Waals surface area contributed by atoms with E-state index in [2.05, 4.69) is 130 Å². The molecule has 4 nitrogen and oxygen atoms in total. The van der Waals surface area contributed by atoms with Gasteiger partial charge in [0.1, 0.15) is 12.4 Å². The molecule has 5 aromatic rings. The van der Waals surface area contributed by atoms with Crippen molar-refractivity contribution < 1.29 is 14.0 Å².